The van der Waals surface area contributed by atoms with Crippen molar-refractivity contribution in [3.8, 4) is 0 Å². The van der Waals surface area contributed by atoms with Crippen molar-refractivity contribution >= 4 is 26.5 Å². The Morgan fingerprint density at radius 1 is 1.45 bits per heavy atom. The molecule has 0 amide bonds. The first-order chi connectivity index (χ1) is 4.87. The lowest BCUT2D eigenvalue weighted by Crippen LogP contribution is -2.52. The molecule has 0 bridgehead atoms. The van der Waals surface area contributed by atoms with Gasteiger partial charge >= 0.3 is 0 Å². The highest BCUT2D eigenvalue weighted by Crippen LogP contribution is 2.10. The second-order valence-electron chi connectivity index (χ2n) is 4.10. The van der Waals surface area contributed by atoms with Gasteiger partial charge in [-0.15, -0.1) is 0 Å². The number of rotatable bonds is 4. The summed E-state index contributed by atoms with van der Waals surface area (Å²) >= 11 is 0. The lowest BCUT2D eigenvalue weighted by Gasteiger charge is -2.26. The van der Waals surface area contributed by atoms with Crippen LogP contribution in [0.4, 0.5) is 0 Å². The fourth-order valence-corrected chi connectivity index (χ4v) is 9.34. The van der Waals surface area contributed by atoms with Crippen molar-refractivity contribution < 1.29 is 0 Å². The first-order valence-electron chi connectivity index (χ1n) is 4.23. The van der Waals surface area contributed by atoms with Gasteiger partial charge in [-0.2, -0.15) is 0 Å². The van der Waals surface area contributed by atoms with E-state index >= 15 is 0 Å². The summed E-state index contributed by atoms with van der Waals surface area (Å²) in [4.78, 5) is 0. The maximum atomic E-state index is 3.82. The molecule has 0 spiro atoms. The Kier molecular flexibility index (Phi) is 4.85. The first kappa shape index (κ1) is 11.6. The maximum Gasteiger partial charge on any atom is 0.109 e. The zero-order valence-corrected chi connectivity index (χ0v) is 11.3. The molecule has 0 aromatic rings. The Balaban J connectivity index is 3.77. The highest BCUT2D eigenvalue weighted by atomic mass is 29.2. The van der Waals surface area contributed by atoms with E-state index in [0.29, 0.717) is 0 Å². The molecule has 11 heavy (non-hydrogen) atoms. The van der Waals surface area contributed by atoms with Crippen LogP contribution in [0.3, 0.4) is 0 Å². The lowest BCUT2D eigenvalue weighted by atomic mass is 10.4. The molecule has 1 unspecified atom stereocenters. The summed E-state index contributed by atoms with van der Waals surface area (Å²) in [5.41, 5.74) is 0.823. The fourth-order valence-electron chi connectivity index (χ4n) is 0.731. The van der Waals surface area contributed by atoms with Gasteiger partial charge in [-0.3, -0.25) is 0 Å². The molecule has 0 aliphatic heterocycles. The normalized spacial score (nSPS) is 15.5. The molecule has 64 valence electrons. The molecular weight excluding hydrogens is 182 g/mol. The van der Waals surface area contributed by atoms with Crippen molar-refractivity contribution in [3.05, 3.63) is 0 Å². The van der Waals surface area contributed by atoms with Gasteiger partial charge in [0.1, 0.15) is 16.7 Å². The minimum atomic E-state index is -1.05. The predicted molar refractivity (Wildman–Crippen MR) is 57.7 cm³/mol. The van der Waals surface area contributed by atoms with Crippen LogP contribution in [-0.2, 0) is 0 Å². The monoisotopic (exact) mass is 201 g/mol. The Hall–Kier alpha value is 0.611. The highest BCUT2D eigenvalue weighted by Gasteiger charge is 2.20. The van der Waals surface area contributed by atoms with Crippen molar-refractivity contribution in [2.75, 3.05) is 0 Å². The molecule has 1 N–H and O–H groups in total. The summed E-state index contributed by atoms with van der Waals surface area (Å²) in [6.07, 6.45) is 1.27. The van der Waals surface area contributed by atoms with Crippen LogP contribution in [0.5, 0.6) is 0 Å². The molecule has 0 rings (SSSR count). The topological polar surface area (TPSA) is 12.0 Å². The molecule has 1 atom stereocenters. The summed E-state index contributed by atoms with van der Waals surface area (Å²) in [5, 5.41) is 0. The summed E-state index contributed by atoms with van der Waals surface area (Å²) < 4.78 is 3.72. The second-order valence-corrected chi connectivity index (χ2v) is 13.0. The number of hydrogen-bond acceptors (Lipinski definition) is 1. The zero-order valence-electron chi connectivity index (χ0n) is 8.28. The van der Waals surface area contributed by atoms with Gasteiger partial charge in [-0.05, 0) is 5.54 Å². The standard InChI is InChI=1S/C7H19NSi3/c1-6-7(2)10(9)8-11(3,4)5/h7-8H,6H2,1-5H3. The molecule has 4 radical (unpaired) electrons. The Morgan fingerprint density at radius 3 is 2.18 bits per heavy atom. The van der Waals surface area contributed by atoms with Gasteiger partial charge in [-0.25, -0.2) is 0 Å². The third-order valence-corrected chi connectivity index (χ3v) is 9.69. The smallest absolute Gasteiger partial charge is 0.109 e. The van der Waals surface area contributed by atoms with Crippen molar-refractivity contribution in [1.82, 2.24) is 4.65 Å². The zero-order chi connectivity index (χ0) is 9.07. The minimum Gasteiger partial charge on any atom is -0.363 e. The maximum absolute atomic E-state index is 3.82. The van der Waals surface area contributed by atoms with E-state index in [-0.39, 0.29) is 0 Å². The van der Waals surface area contributed by atoms with Gasteiger partial charge in [0.2, 0.25) is 0 Å². The van der Waals surface area contributed by atoms with E-state index in [4.69, 9.17) is 0 Å². The van der Waals surface area contributed by atoms with E-state index < -0.39 is 16.7 Å². The summed E-state index contributed by atoms with van der Waals surface area (Å²) in [5.74, 6) is 0. The average Bonchev–Trinajstić information content (AvgIpc) is 1.82. The van der Waals surface area contributed by atoms with Crippen LogP contribution in [0.15, 0.2) is 0 Å². The predicted octanol–water partition coefficient (Wildman–Crippen LogP) is 1.87. The Bertz CT molecular complexity index is 111. The van der Waals surface area contributed by atoms with Crippen LogP contribution >= 0.6 is 0 Å². The van der Waals surface area contributed by atoms with Crippen LogP contribution in [-0.4, -0.2) is 26.5 Å². The molecule has 0 aliphatic rings. The minimum absolute atomic E-state index is 0.458. The van der Waals surface area contributed by atoms with E-state index in [1.165, 1.54) is 6.42 Å². The molecule has 0 saturated carbocycles. The molecule has 0 aromatic heterocycles. The van der Waals surface area contributed by atoms with E-state index in [0.717, 1.165) is 5.54 Å². The van der Waals surface area contributed by atoms with Crippen molar-refractivity contribution in [1.29, 1.82) is 0 Å². The van der Waals surface area contributed by atoms with Crippen LogP contribution in [0, 0.1) is 0 Å². The van der Waals surface area contributed by atoms with Crippen molar-refractivity contribution in [3.63, 3.8) is 0 Å². The molecular formula is C7H19NSi3. The molecule has 0 aliphatic carbocycles. The van der Waals surface area contributed by atoms with Gasteiger partial charge in [0, 0.05) is 9.76 Å². The molecule has 0 aromatic carbocycles. The van der Waals surface area contributed by atoms with E-state index in [2.05, 4.69) is 47.9 Å². The lowest BCUT2D eigenvalue weighted by molar-refractivity contribution is 0.856. The van der Waals surface area contributed by atoms with E-state index in [1.807, 2.05) is 0 Å². The van der Waals surface area contributed by atoms with E-state index in [9.17, 15) is 0 Å². The SMILES string of the molecule is CCC(C)[Si]([Si])N[Si](C)(C)C. The molecule has 1 nitrogen and oxygen atoms in total. The largest absolute Gasteiger partial charge is 0.363 e. The summed E-state index contributed by atoms with van der Waals surface area (Å²) in [6.45, 7) is 11.6. The number of nitrogens with one attached hydrogen (secondary N) is 1. The summed E-state index contributed by atoms with van der Waals surface area (Å²) in [6, 6.07) is 0. The average molecular weight is 201 g/mol. The van der Waals surface area contributed by atoms with E-state index in [1.54, 1.807) is 0 Å². The third kappa shape index (κ3) is 5.84. The van der Waals surface area contributed by atoms with Gasteiger partial charge in [0.05, 0.1) is 0 Å². The third-order valence-electron chi connectivity index (χ3n) is 1.61. The van der Waals surface area contributed by atoms with Gasteiger partial charge < -0.3 is 4.65 Å². The molecule has 0 fully saturated rings. The van der Waals surface area contributed by atoms with Gasteiger partial charge in [0.15, 0.2) is 0 Å². The second kappa shape index (κ2) is 4.59. The fraction of sp³-hybridized carbons (Fsp3) is 1.00. The van der Waals surface area contributed by atoms with Crippen LogP contribution in [0.1, 0.15) is 20.3 Å². The van der Waals surface area contributed by atoms with Crippen molar-refractivity contribution in [2.45, 2.75) is 45.5 Å². The highest BCUT2D eigenvalue weighted by molar-refractivity contribution is 7.07. The van der Waals surface area contributed by atoms with Gasteiger partial charge in [0.25, 0.3) is 0 Å². The molecule has 4 heteroatoms. The summed E-state index contributed by atoms with van der Waals surface area (Å²) in [7, 11) is 2.30. The van der Waals surface area contributed by atoms with Crippen molar-refractivity contribution in [2.24, 2.45) is 0 Å². The number of hydrogen-bond donors (Lipinski definition) is 1. The van der Waals surface area contributed by atoms with Crippen LogP contribution in [0.25, 0.3) is 0 Å². The Morgan fingerprint density at radius 2 is 1.91 bits per heavy atom. The van der Waals surface area contributed by atoms with Gasteiger partial charge in [-0.1, -0.05) is 39.9 Å². The first-order valence-corrected chi connectivity index (χ1v) is 10.8. The molecule has 0 saturated heterocycles. The van der Waals surface area contributed by atoms with Crippen LogP contribution in [0.2, 0.25) is 25.2 Å². The Labute approximate surface area is 77.0 Å². The van der Waals surface area contributed by atoms with Crippen LogP contribution < -0.4 is 4.65 Å². The molecule has 0 heterocycles. The quantitative estimate of drug-likeness (QED) is 0.685.